The minimum absolute atomic E-state index is 0.804. The molecule has 1 aromatic carbocycles. The van der Waals surface area contributed by atoms with Crippen LogP contribution in [0.15, 0.2) is 18.2 Å². The van der Waals surface area contributed by atoms with E-state index in [9.17, 15) is 0 Å². The van der Waals surface area contributed by atoms with Gasteiger partial charge in [-0.25, -0.2) is 0 Å². The Morgan fingerprint density at radius 2 is 1.82 bits per heavy atom. The van der Waals surface area contributed by atoms with Crippen LogP contribution in [0.5, 0.6) is 5.75 Å². The van der Waals surface area contributed by atoms with Crippen LogP contribution in [-0.4, -0.2) is 40.5 Å². The molecule has 4 nitrogen and oxygen atoms in total. The number of hydrogen-bond acceptors (Lipinski definition) is 4. The number of hydrogen-bond donors (Lipinski definition) is 1. The lowest BCUT2D eigenvalue weighted by Crippen LogP contribution is -2.25. The van der Waals surface area contributed by atoms with E-state index >= 15 is 0 Å². The molecular weight excluding hydrogens is 276 g/mol. The summed E-state index contributed by atoms with van der Waals surface area (Å²) in [5, 5.41) is 3.44. The van der Waals surface area contributed by atoms with Crippen molar-refractivity contribution in [3.8, 4) is 5.75 Å². The van der Waals surface area contributed by atoms with Crippen molar-refractivity contribution < 1.29 is 9.47 Å². The highest BCUT2D eigenvalue weighted by molar-refractivity contribution is 5.59. The molecule has 1 rings (SSSR count). The van der Waals surface area contributed by atoms with Crippen LogP contribution in [-0.2, 0) is 11.3 Å². The quantitative estimate of drug-likeness (QED) is 0.600. The largest absolute Gasteiger partial charge is 0.495 e. The fraction of sp³-hybridized carbons (Fsp3) is 0.667. The molecule has 1 aromatic rings. The van der Waals surface area contributed by atoms with E-state index in [4.69, 9.17) is 9.47 Å². The fourth-order valence-corrected chi connectivity index (χ4v) is 2.56. The van der Waals surface area contributed by atoms with E-state index in [2.05, 4.69) is 42.3 Å². The zero-order valence-electron chi connectivity index (χ0n) is 14.7. The fourth-order valence-electron chi connectivity index (χ4n) is 2.56. The molecule has 22 heavy (non-hydrogen) atoms. The number of nitrogens with zero attached hydrogens (tertiary/aromatic N) is 1. The highest BCUT2D eigenvalue weighted by atomic mass is 16.5. The summed E-state index contributed by atoms with van der Waals surface area (Å²) >= 11 is 0. The first-order valence-electron chi connectivity index (χ1n) is 8.38. The summed E-state index contributed by atoms with van der Waals surface area (Å²) in [6.07, 6.45) is 3.32. The van der Waals surface area contributed by atoms with E-state index in [0.717, 1.165) is 57.8 Å². The third kappa shape index (κ3) is 6.24. The van der Waals surface area contributed by atoms with E-state index in [1.54, 1.807) is 14.2 Å². The van der Waals surface area contributed by atoms with Crippen molar-refractivity contribution in [2.75, 3.05) is 45.4 Å². The molecule has 0 amide bonds. The van der Waals surface area contributed by atoms with E-state index in [1.807, 2.05) is 0 Å². The average Bonchev–Trinajstić information content (AvgIpc) is 2.54. The lowest BCUT2D eigenvalue weighted by Gasteiger charge is -2.26. The predicted molar refractivity (Wildman–Crippen MR) is 94.0 cm³/mol. The normalized spacial score (nSPS) is 10.7. The van der Waals surface area contributed by atoms with Gasteiger partial charge in [0.1, 0.15) is 5.75 Å². The zero-order valence-corrected chi connectivity index (χ0v) is 14.7. The number of rotatable bonds is 12. The number of anilines is 1. The SMILES string of the molecule is CCCN(CCC)c1ccc(CNCCCOC)cc1OC. The van der Waals surface area contributed by atoms with Crippen molar-refractivity contribution in [2.45, 2.75) is 39.7 Å². The summed E-state index contributed by atoms with van der Waals surface area (Å²) in [4.78, 5) is 2.41. The van der Waals surface area contributed by atoms with Crippen molar-refractivity contribution >= 4 is 5.69 Å². The van der Waals surface area contributed by atoms with Crippen molar-refractivity contribution in [2.24, 2.45) is 0 Å². The Balaban J connectivity index is 2.68. The molecule has 0 saturated carbocycles. The van der Waals surface area contributed by atoms with Gasteiger partial charge in [-0.2, -0.15) is 0 Å². The van der Waals surface area contributed by atoms with Crippen LogP contribution in [0.25, 0.3) is 0 Å². The van der Waals surface area contributed by atoms with Gasteiger partial charge in [-0.3, -0.25) is 0 Å². The minimum atomic E-state index is 0.804. The Morgan fingerprint density at radius 3 is 2.41 bits per heavy atom. The van der Waals surface area contributed by atoms with Gasteiger partial charge >= 0.3 is 0 Å². The molecule has 0 atom stereocenters. The van der Waals surface area contributed by atoms with Gasteiger partial charge in [0.25, 0.3) is 0 Å². The third-order valence-corrected chi connectivity index (χ3v) is 3.60. The molecule has 0 bridgehead atoms. The van der Waals surface area contributed by atoms with Gasteiger partial charge < -0.3 is 19.7 Å². The second-order valence-electron chi connectivity index (χ2n) is 5.52. The maximum atomic E-state index is 5.62. The molecule has 0 spiro atoms. The number of ether oxygens (including phenoxy) is 2. The molecule has 0 saturated heterocycles. The Kier molecular flexibility index (Phi) is 9.67. The van der Waals surface area contributed by atoms with Crippen molar-refractivity contribution in [3.05, 3.63) is 23.8 Å². The van der Waals surface area contributed by atoms with Gasteiger partial charge in [-0.1, -0.05) is 19.9 Å². The smallest absolute Gasteiger partial charge is 0.142 e. The number of methoxy groups -OCH3 is 2. The van der Waals surface area contributed by atoms with E-state index < -0.39 is 0 Å². The van der Waals surface area contributed by atoms with Crippen molar-refractivity contribution in [1.29, 1.82) is 0 Å². The highest BCUT2D eigenvalue weighted by Crippen LogP contribution is 2.29. The molecule has 4 heteroatoms. The summed E-state index contributed by atoms with van der Waals surface area (Å²) in [5.74, 6) is 0.970. The molecule has 126 valence electrons. The second-order valence-corrected chi connectivity index (χ2v) is 5.52. The van der Waals surface area contributed by atoms with Crippen LogP contribution in [0.3, 0.4) is 0 Å². The molecule has 0 unspecified atom stereocenters. The second kappa shape index (κ2) is 11.3. The molecule has 1 N–H and O–H groups in total. The average molecular weight is 308 g/mol. The van der Waals surface area contributed by atoms with E-state index in [0.29, 0.717) is 0 Å². The Morgan fingerprint density at radius 1 is 1.09 bits per heavy atom. The molecular formula is C18H32N2O2. The third-order valence-electron chi connectivity index (χ3n) is 3.60. The van der Waals surface area contributed by atoms with Crippen molar-refractivity contribution in [1.82, 2.24) is 5.32 Å². The van der Waals surface area contributed by atoms with Crippen LogP contribution in [0.1, 0.15) is 38.7 Å². The van der Waals surface area contributed by atoms with Gasteiger partial charge in [-0.15, -0.1) is 0 Å². The molecule has 0 fully saturated rings. The van der Waals surface area contributed by atoms with E-state index in [1.165, 1.54) is 11.3 Å². The molecule has 0 aromatic heterocycles. The summed E-state index contributed by atoms with van der Waals surface area (Å²) in [6, 6.07) is 6.53. The van der Waals surface area contributed by atoms with Gasteiger partial charge in [-0.05, 0) is 43.5 Å². The lowest BCUT2D eigenvalue weighted by atomic mass is 10.1. The van der Waals surface area contributed by atoms with Crippen LogP contribution >= 0.6 is 0 Å². The van der Waals surface area contributed by atoms with Gasteiger partial charge in [0.15, 0.2) is 0 Å². The summed E-state index contributed by atoms with van der Waals surface area (Å²) < 4.78 is 10.7. The maximum Gasteiger partial charge on any atom is 0.142 e. The predicted octanol–water partition coefficient (Wildman–Crippen LogP) is 3.45. The topological polar surface area (TPSA) is 33.7 Å². The first-order valence-corrected chi connectivity index (χ1v) is 8.38. The van der Waals surface area contributed by atoms with Gasteiger partial charge in [0, 0.05) is 33.4 Å². The summed E-state index contributed by atoms with van der Waals surface area (Å²) in [6.45, 7) is 9.20. The Bertz CT molecular complexity index is 404. The van der Waals surface area contributed by atoms with Gasteiger partial charge in [0.2, 0.25) is 0 Å². The number of benzene rings is 1. The number of nitrogens with one attached hydrogen (secondary N) is 1. The van der Waals surface area contributed by atoms with Crippen molar-refractivity contribution in [3.63, 3.8) is 0 Å². The van der Waals surface area contributed by atoms with Crippen LogP contribution in [0, 0.1) is 0 Å². The molecule has 0 radical (unpaired) electrons. The van der Waals surface area contributed by atoms with Crippen LogP contribution in [0.2, 0.25) is 0 Å². The molecule has 0 aliphatic carbocycles. The van der Waals surface area contributed by atoms with Crippen LogP contribution in [0.4, 0.5) is 5.69 Å². The maximum absolute atomic E-state index is 5.62. The van der Waals surface area contributed by atoms with Crippen LogP contribution < -0.4 is 15.0 Å². The Hall–Kier alpha value is -1.26. The molecule has 0 aliphatic rings. The van der Waals surface area contributed by atoms with E-state index in [-0.39, 0.29) is 0 Å². The summed E-state index contributed by atoms with van der Waals surface area (Å²) in [7, 11) is 3.49. The first-order chi connectivity index (χ1) is 10.8. The minimum Gasteiger partial charge on any atom is -0.495 e. The molecule has 0 heterocycles. The standard InChI is InChI=1S/C18H32N2O2/c1-5-11-20(12-6-2)17-9-8-16(14-18(17)22-4)15-19-10-7-13-21-3/h8-9,14,19H,5-7,10-13,15H2,1-4H3. The summed E-state index contributed by atoms with van der Waals surface area (Å²) in [5.41, 5.74) is 2.46. The van der Waals surface area contributed by atoms with Gasteiger partial charge in [0.05, 0.1) is 12.8 Å². The Labute approximate surface area is 135 Å². The zero-order chi connectivity index (χ0) is 16.2. The highest BCUT2D eigenvalue weighted by Gasteiger charge is 2.11. The monoisotopic (exact) mass is 308 g/mol. The molecule has 0 aliphatic heterocycles. The lowest BCUT2D eigenvalue weighted by molar-refractivity contribution is 0.194. The first kappa shape index (κ1) is 18.8.